The smallest absolute Gasteiger partial charge is 0.169 e. The van der Waals surface area contributed by atoms with Crippen molar-refractivity contribution in [3.8, 4) is 46.0 Å². The first-order valence-electron chi connectivity index (χ1n) is 11.3. The molecular formula is C30H24N2O4. The van der Waals surface area contributed by atoms with Crippen LogP contribution in [0.4, 0.5) is 11.4 Å². The summed E-state index contributed by atoms with van der Waals surface area (Å²) in [4.78, 5) is 0. The molecule has 0 unspecified atom stereocenters. The van der Waals surface area contributed by atoms with Crippen LogP contribution in [0, 0.1) is 0 Å². The number of rotatable bonds is 8. The minimum atomic E-state index is 0.562. The topological polar surface area (TPSA) is 89.0 Å². The molecule has 6 heteroatoms. The summed E-state index contributed by atoms with van der Waals surface area (Å²) in [7, 11) is 0. The van der Waals surface area contributed by atoms with E-state index < -0.39 is 0 Å². The monoisotopic (exact) mass is 476 g/mol. The molecule has 5 aromatic rings. The van der Waals surface area contributed by atoms with Gasteiger partial charge in [0.05, 0.1) is 0 Å². The van der Waals surface area contributed by atoms with Gasteiger partial charge in [-0.15, -0.1) is 0 Å². The van der Waals surface area contributed by atoms with E-state index in [1.165, 1.54) is 0 Å². The molecule has 0 bridgehead atoms. The first-order valence-corrected chi connectivity index (χ1v) is 11.3. The lowest BCUT2D eigenvalue weighted by Crippen LogP contribution is -1.92. The van der Waals surface area contributed by atoms with Gasteiger partial charge in [-0.05, 0) is 84.9 Å². The molecule has 0 amide bonds. The van der Waals surface area contributed by atoms with E-state index in [1.54, 1.807) is 24.3 Å². The van der Waals surface area contributed by atoms with E-state index in [-0.39, 0.29) is 0 Å². The molecule has 36 heavy (non-hydrogen) atoms. The van der Waals surface area contributed by atoms with Gasteiger partial charge in [0.25, 0.3) is 0 Å². The van der Waals surface area contributed by atoms with E-state index in [1.807, 2.05) is 97.1 Å². The third-order valence-corrected chi connectivity index (χ3v) is 5.15. The molecular weight excluding hydrogens is 452 g/mol. The third-order valence-electron chi connectivity index (χ3n) is 5.15. The van der Waals surface area contributed by atoms with E-state index in [2.05, 4.69) is 0 Å². The Kier molecular flexibility index (Phi) is 6.58. The highest BCUT2D eigenvalue weighted by atomic mass is 16.5. The zero-order valence-corrected chi connectivity index (χ0v) is 19.3. The highest BCUT2D eigenvalue weighted by Crippen LogP contribution is 2.37. The van der Waals surface area contributed by atoms with Crippen LogP contribution in [0.5, 0.6) is 46.0 Å². The van der Waals surface area contributed by atoms with Gasteiger partial charge in [0.15, 0.2) is 11.5 Å². The number of para-hydroxylation sites is 2. The Morgan fingerprint density at radius 2 is 0.694 bits per heavy atom. The highest BCUT2D eigenvalue weighted by Gasteiger charge is 2.09. The maximum atomic E-state index is 6.15. The molecule has 0 aromatic heterocycles. The summed E-state index contributed by atoms with van der Waals surface area (Å²) >= 11 is 0. The SMILES string of the molecule is Nc1ccc(Oc2cccc(Oc3ccccc3Oc3cccc(Oc4ccc(N)cc4)c3)c2)cc1. The predicted molar refractivity (Wildman–Crippen MR) is 141 cm³/mol. The highest BCUT2D eigenvalue weighted by molar-refractivity contribution is 5.49. The Labute approximate surface area is 209 Å². The zero-order valence-electron chi connectivity index (χ0n) is 19.3. The van der Waals surface area contributed by atoms with Gasteiger partial charge in [-0.25, -0.2) is 0 Å². The molecule has 0 saturated heterocycles. The molecule has 0 atom stereocenters. The zero-order chi connectivity index (χ0) is 24.7. The summed E-state index contributed by atoms with van der Waals surface area (Å²) in [5, 5.41) is 0. The molecule has 4 N–H and O–H groups in total. The number of anilines is 2. The molecule has 0 aliphatic heterocycles. The molecule has 0 aliphatic rings. The van der Waals surface area contributed by atoms with E-state index in [9.17, 15) is 0 Å². The van der Waals surface area contributed by atoms with Crippen molar-refractivity contribution in [1.82, 2.24) is 0 Å². The molecule has 0 heterocycles. The van der Waals surface area contributed by atoms with Crippen LogP contribution in [0.25, 0.3) is 0 Å². The van der Waals surface area contributed by atoms with Crippen molar-refractivity contribution in [2.24, 2.45) is 0 Å². The summed E-state index contributed by atoms with van der Waals surface area (Å²) < 4.78 is 24.1. The predicted octanol–water partition coefficient (Wildman–Crippen LogP) is 8.02. The number of nitrogen functional groups attached to an aromatic ring is 2. The van der Waals surface area contributed by atoms with Gasteiger partial charge < -0.3 is 30.4 Å². The average molecular weight is 477 g/mol. The van der Waals surface area contributed by atoms with E-state index >= 15 is 0 Å². The van der Waals surface area contributed by atoms with Gasteiger partial charge in [-0.3, -0.25) is 0 Å². The van der Waals surface area contributed by atoms with E-state index in [4.69, 9.17) is 30.4 Å². The Bertz CT molecular complexity index is 1340. The second kappa shape index (κ2) is 10.4. The molecule has 5 aromatic carbocycles. The number of hydrogen-bond donors (Lipinski definition) is 2. The number of benzene rings is 5. The van der Waals surface area contributed by atoms with Crippen LogP contribution in [0.3, 0.4) is 0 Å². The van der Waals surface area contributed by atoms with Gasteiger partial charge in [0.2, 0.25) is 0 Å². The Balaban J connectivity index is 1.30. The summed E-state index contributed by atoms with van der Waals surface area (Å²) in [5.74, 6) is 5.00. The van der Waals surface area contributed by atoms with Crippen LogP contribution in [-0.4, -0.2) is 0 Å². The summed E-state index contributed by atoms with van der Waals surface area (Å²) in [6, 6.07) is 36.7. The number of ether oxygens (including phenoxy) is 4. The maximum absolute atomic E-state index is 6.15. The molecule has 0 aliphatic carbocycles. The van der Waals surface area contributed by atoms with Gasteiger partial charge >= 0.3 is 0 Å². The van der Waals surface area contributed by atoms with Crippen LogP contribution in [0.2, 0.25) is 0 Å². The quantitative estimate of drug-likeness (QED) is 0.220. The first-order chi connectivity index (χ1) is 17.6. The van der Waals surface area contributed by atoms with Crippen molar-refractivity contribution in [2.75, 3.05) is 11.5 Å². The minimum absolute atomic E-state index is 0.562. The van der Waals surface area contributed by atoms with Crippen LogP contribution >= 0.6 is 0 Å². The number of nitrogens with two attached hydrogens (primary N) is 2. The fourth-order valence-corrected chi connectivity index (χ4v) is 3.42. The van der Waals surface area contributed by atoms with Gasteiger partial charge in [-0.2, -0.15) is 0 Å². The lowest BCUT2D eigenvalue weighted by Gasteiger charge is -2.14. The fraction of sp³-hybridized carbons (Fsp3) is 0. The fourth-order valence-electron chi connectivity index (χ4n) is 3.42. The summed E-state index contributed by atoms with van der Waals surface area (Å²) in [5.41, 5.74) is 12.9. The van der Waals surface area contributed by atoms with Crippen molar-refractivity contribution in [1.29, 1.82) is 0 Å². The molecule has 6 nitrogen and oxygen atoms in total. The van der Waals surface area contributed by atoms with Crippen LogP contribution in [0.1, 0.15) is 0 Å². The molecule has 0 saturated carbocycles. The lowest BCUT2D eigenvalue weighted by molar-refractivity contribution is 0.412. The summed E-state index contributed by atoms with van der Waals surface area (Å²) in [6.07, 6.45) is 0. The summed E-state index contributed by atoms with van der Waals surface area (Å²) in [6.45, 7) is 0. The standard InChI is InChI=1S/C30H24N2O4/c31-21-11-15-23(16-12-21)33-25-5-3-7-27(19-25)35-29-9-1-2-10-30(29)36-28-8-4-6-26(20-28)34-24-17-13-22(32)14-18-24/h1-20H,31-32H2. The maximum Gasteiger partial charge on any atom is 0.169 e. The first kappa shape index (κ1) is 22.7. The molecule has 178 valence electrons. The lowest BCUT2D eigenvalue weighted by atomic mass is 10.2. The molecule has 0 fully saturated rings. The average Bonchev–Trinajstić information content (AvgIpc) is 2.89. The van der Waals surface area contributed by atoms with Crippen molar-refractivity contribution >= 4 is 11.4 Å². The van der Waals surface area contributed by atoms with E-state index in [0.29, 0.717) is 57.4 Å². The Morgan fingerprint density at radius 1 is 0.333 bits per heavy atom. The van der Waals surface area contributed by atoms with E-state index in [0.717, 1.165) is 0 Å². The van der Waals surface area contributed by atoms with Gasteiger partial charge in [0, 0.05) is 23.5 Å². The second-order valence-electron chi connectivity index (χ2n) is 7.94. The van der Waals surface area contributed by atoms with Crippen molar-refractivity contribution in [3.05, 3.63) is 121 Å². The van der Waals surface area contributed by atoms with Crippen molar-refractivity contribution in [2.45, 2.75) is 0 Å². The van der Waals surface area contributed by atoms with Crippen molar-refractivity contribution < 1.29 is 18.9 Å². The third kappa shape index (κ3) is 5.87. The Hall–Kier alpha value is -5.10. The molecule has 5 rings (SSSR count). The minimum Gasteiger partial charge on any atom is -0.457 e. The normalized spacial score (nSPS) is 10.4. The van der Waals surface area contributed by atoms with Gasteiger partial charge in [-0.1, -0.05) is 24.3 Å². The largest absolute Gasteiger partial charge is 0.457 e. The molecule has 0 spiro atoms. The van der Waals surface area contributed by atoms with Crippen molar-refractivity contribution in [3.63, 3.8) is 0 Å². The van der Waals surface area contributed by atoms with Crippen LogP contribution in [-0.2, 0) is 0 Å². The molecule has 0 radical (unpaired) electrons. The second-order valence-corrected chi connectivity index (χ2v) is 7.94. The number of hydrogen-bond acceptors (Lipinski definition) is 6. The van der Waals surface area contributed by atoms with Gasteiger partial charge in [0.1, 0.15) is 34.5 Å². The van der Waals surface area contributed by atoms with Crippen LogP contribution in [0.15, 0.2) is 121 Å². The van der Waals surface area contributed by atoms with Crippen LogP contribution < -0.4 is 30.4 Å². The Morgan fingerprint density at radius 3 is 1.08 bits per heavy atom.